The van der Waals surface area contributed by atoms with Gasteiger partial charge in [0.1, 0.15) is 0 Å². The molecular formula is C15H24ClNO2. The van der Waals surface area contributed by atoms with Gasteiger partial charge in [0.2, 0.25) is 0 Å². The predicted molar refractivity (Wildman–Crippen MR) is 80.2 cm³/mol. The quantitative estimate of drug-likeness (QED) is 0.817. The van der Waals surface area contributed by atoms with Crippen LogP contribution in [0.5, 0.6) is 11.5 Å². The number of rotatable bonds is 7. The molecule has 108 valence electrons. The lowest BCUT2D eigenvalue weighted by Crippen LogP contribution is -2.14. The van der Waals surface area contributed by atoms with Crippen molar-refractivity contribution in [2.75, 3.05) is 13.2 Å². The molecule has 0 aromatic heterocycles. The maximum atomic E-state index is 6.30. The summed E-state index contributed by atoms with van der Waals surface area (Å²) in [5.74, 6) is 1.91. The van der Waals surface area contributed by atoms with Crippen molar-refractivity contribution in [2.45, 2.75) is 40.2 Å². The van der Waals surface area contributed by atoms with Crippen molar-refractivity contribution >= 4 is 11.6 Å². The van der Waals surface area contributed by atoms with Gasteiger partial charge in [-0.1, -0.05) is 25.4 Å². The summed E-state index contributed by atoms with van der Waals surface area (Å²) in [5, 5.41) is 0.639. The first kappa shape index (κ1) is 16.1. The van der Waals surface area contributed by atoms with Crippen LogP contribution in [0, 0.1) is 5.92 Å². The monoisotopic (exact) mass is 285 g/mol. The van der Waals surface area contributed by atoms with E-state index < -0.39 is 0 Å². The molecule has 1 aromatic rings. The maximum Gasteiger partial charge on any atom is 0.162 e. The van der Waals surface area contributed by atoms with Crippen LogP contribution in [0.15, 0.2) is 12.1 Å². The van der Waals surface area contributed by atoms with Gasteiger partial charge in [0.15, 0.2) is 11.5 Å². The van der Waals surface area contributed by atoms with Gasteiger partial charge >= 0.3 is 0 Å². The van der Waals surface area contributed by atoms with Gasteiger partial charge in [0.25, 0.3) is 0 Å². The summed E-state index contributed by atoms with van der Waals surface area (Å²) in [6.45, 7) is 9.33. The van der Waals surface area contributed by atoms with Crippen molar-refractivity contribution in [3.63, 3.8) is 0 Å². The van der Waals surface area contributed by atoms with Gasteiger partial charge in [-0.15, -0.1) is 0 Å². The zero-order chi connectivity index (χ0) is 14.4. The van der Waals surface area contributed by atoms with Crippen LogP contribution in [0.2, 0.25) is 5.02 Å². The van der Waals surface area contributed by atoms with Crippen LogP contribution >= 0.6 is 11.6 Å². The first-order valence-corrected chi connectivity index (χ1v) is 7.21. The number of halogens is 1. The topological polar surface area (TPSA) is 44.5 Å². The molecule has 0 bridgehead atoms. The van der Waals surface area contributed by atoms with Crippen LogP contribution in [0.25, 0.3) is 0 Å². The van der Waals surface area contributed by atoms with Crippen LogP contribution in [-0.2, 0) is 0 Å². The summed E-state index contributed by atoms with van der Waals surface area (Å²) < 4.78 is 11.1. The fourth-order valence-corrected chi connectivity index (χ4v) is 2.30. The lowest BCUT2D eigenvalue weighted by Gasteiger charge is -2.19. The summed E-state index contributed by atoms with van der Waals surface area (Å²) in [6.07, 6.45) is 0.888. The Morgan fingerprint density at radius 3 is 2.11 bits per heavy atom. The molecule has 0 aliphatic heterocycles. The van der Waals surface area contributed by atoms with Gasteiger partial charge in [0, 0.05) is 17.1 Å². The fraction of sp³-hybridized carbons (Fsp3) is 0.600. The van der Waals surface area contributed by atoms with E-state index in [2.05, 4.69) is 13.8 Å². The van der Waals surface area contributed by atoms with E-state index in [1.165, 1.54) is 0 Å². The second-order valence-corrected chi connectivity index (χ2v) is 5.33. The number of nitrogens with two attached hydrogens (primary N) is 1. The maximum absolute atomic E-state index is 6.30. The first-order valence-electron chi connectivity index (χ1n) is 6.84. The van der Waals surface area contributed by atoms with Gasteiger partial charge in [-0.25, -0.2) is 0 Å². The minimum absolute atomic E-state index is 0.0811. The third-order valence-corrected chi connectivity index (χ3v) is 3.11. The number of benzene rings is 1. The van der Waals surface area contributed by atoms with Gasteiger partial charge in [0.05, 0.1) is 13.2 Å². The molecule has 3 nitrogen and oxygen atoms in total. The molecule has 0 saturated heterocycles. The normalized spacial score (nSPS) is 12.6. The zero-order valence-corrected chi connectivity index (χ0v) is 13.0. The Balaban J connectivity index is 3.08. The predicted octanol–water partition coefficient (Wildman–Crippen LogP) is 4.18. The second-order valence-electron chi connectivity index (χ2n) is 4.92. The highest BCUT2D eigenvalue weighted by molar-refractivity contribution is 6.31. The molecule has 2 N–H and O–H groups in total. The van der Waals surface area contributed by atoms with E-state index in [1.54, 1.807) is 6.07 Å². The van der Waals surface area contributed by atoms with Crippen LogP contribution in [0.1, 0.15) is 45.7 Å². The third-order valence-electron chi connectivity index (χ3n) is 2.79. The average molecular weight is 286 g/mol. The van der Waals surface area contributed by atoms with Crippen LogP contribution in [0.4, 0.5) is 0 Å². The summed E-state index contributed by atoms with van der Waals surface area (Å²) >= 11 is 6.30. The largest absolute Gasteiger partial charge is 0.490 e. The highest BCUT2D eigenvalue weighted by Crippen LogP contribution is 2.37. The standard InChI is InChI=1S/C15H24ClNO2/c1-5-18-14-8-11(13(17)7-10(3)4)12(16)9-15(14)19-6-2/h8-10,13H,5-7,17H2,1-4H3. The molecule has 1 rings (SSSR count). The Morgan fingerprint density at radius 1 is 1.11 bits per heavy atom. The van der Waals surface area contributed by atoms with Crippen molar-refractivity contribution in [2.24, 2.45) is 11.7 Å². The van der Waals surface area contributed by atoms with Crippen LogP contribution in [0.3, 0.4) is 0 Å². The van der Waals surface area contributed by atoms with E-state index in [4.69, 9.17) is 26.8 Å². The Morgan fingerprint density at radius 2 is 1.63 bits per heavy atom. The Kier molecular flexibility index (Phi) is 6.46. The Hall–Kier alpha value is -0.930. The van der Waals surface area contributed by atoms with E-state index in [-0.39, 0.29) is 6.04 Å². The highest BCUT2D eigenvalue weighted by atomic mass is 35.5. The van der Waals surface area contributed by atoms with E-state index in [0.29, 0.717) is 35.7 Å². The molecule has 0 amide bonds. The van der Waals surface area contributed by atoms with Gasteiger partial charge < -0.3 is 15.2 Å². The number of ether oxygens (including phenoxy) is 2. The van der Waals surface area contributed by atoms with Crippen molar-refractivity contribution in [1.82, 2.24) is 0 Å². The molecule has 0 heterocycles. The van der Waals surface area contributed by atoms with Gasteiger partial charge in [-0.05, 0) is 37.8 Å². The molecule has 1 atom stereocenters. The summed E-state index contributed by atoms with van der Waals surface area (Å²) in [5.41, 5.74) is 7.12. The number of hydrogen-bond acceptors (Lipinski definition) is 3. The molecule has 1 aromatic carbocycles. The fourth-order valence-electron chi connectivity index (χ4n) is 2.01. The SMILES string of the molecule is CCOc1cc(Cl)c(C(N)CC(C)C)cc1OCC. The minimum atomic E-state index is -0.0811. The molecule has 0 saturated carbocycles. The van der Waals surface area contributed by atoms with E-state index in [0.717, 1.165) is 12.0 Å². The molecule has 1 unspecified atom stereocenters. The van der Waals surface area contributed by atoms with E-state index in [9.17, 15) is 0 Å². The van der Waals surface area contributed by atoms with Crippen molar-refractivity contribution in [1.29, 1.82) is 0 Å². The van der Waals surface area contributed by atoms with Crippen molar-refractivity contribution in [3.8, 4) is 11.5 Å². The van der Waals surface area contributed by atoms with Crippen LogP contribution in [-0.4, -0.2) is 13.2 Å². The van der Waals surface area contributed by atoms with Crippen molar-refractivity contribution < 1.29 is 9.47 Å². The zero-order valence-electron chi connectivity index (χ0n) is 12.2. The average Bonchev–Trinajstić information content (AvgIpc) is 2.31. The molecule has 0 aliphatic rings. The second kappa shape index (κ2) is 7.61. The highest BCUT2D eigenvalue weighted by Gasteiger charge is 2.16. The summed E-state index contributed by atoms with van der Waals surface area (Å²) in [4.78, 5) is 0. The molecule has 0 fully saturated rings. The van der Waals surface area contributed by atoms with E-state index in [1.807, 2.05) is 19.9 Å². The lowest BCUT2D eigenvalue weighted by molar-refractivity contribution is 0.287. The van der Waals surface area contributed by atoms with Gasteiger partial charge in [-0.3, -0.25) is 0 Å². The molecule has 0 aliphatic carbocycles. The smallest absolute Gasteiger partial charge is 0.162 e. The summed E-state index contributed by atoms with van der Waals surface area (Å²) in [7, 11) is 0. The Labute approximate surface area is 121 Å². The first-order chi connectivity index (χ1) is 8.99. The summed E-state index contributed by atoms with van der Waals surface area (Å²) in [6, 6.07) is 3.62. The van der Waals surface area contributed by atoms with Gasteiger partial charge in [-0.2, -0.15) is 0 Å². The molecule has 0 spiro atoms. The van der Waals surface area contributed by atoms with Crippen molar-refractivity contribution in [3.05, 3.63) is 22.7 Å². The molecule has 0 radical (unpaired) electrons. The lowest BCUT2D eigenvalue weighted by atomic mass is 9.97. The minimum Gasteiger partial charge on any atom is -0.490 e. The molecule has 19 heavy (non-hydrogen) atoms. The Bertz CT molecular complexity index is 407. The molecular weight excluding hydrogens is 262 g/mol. The number of hydrogen-bond donors (Lipinski definition) is 1. The van der Waals surface area contributed by atoms with Crippen LogP contribution < -0.4 is 15.2 Å². The molecule has 4 heteroatoms. The third kappa shape index (κ3) is 4.59. The van der Waals surface area contributed by atoms with E-state index >= 15 is 0 Å².